The van der Waals surface area contributed by atoms with Crippen molar-refractivity contribution in [2.45, 2.75) is 17.2 Å². The maximum Gasteiger partial charge on any atom is 0.142 e. The molecule has 0 atom stereocenters. The third-order valence-electron chi connectivity index (χ3n) is 2.52. The highest BCUT2D eigenvalue weighted by molar-refractivity contribution is 7.98. The van der Waals surface area contributed by atoms with Crippen LogP contribution in [0.3, 0.4) is 0 Å². The Bertz CT molecular complexity index is 545. The highest BCUT2D eigenvalue weighted by atomic mass is 35.5. The third kappa shape index (κ3) is 3.48. The lowest BCUT2D eigenvalue weighted by atomic mass is 10.2. The number of hydrogen-bond donors (Lipinski definition) is 1. The van der Waals surface area contributed by atoms with E-state index < -0.39 is 0 Å². The van der Waals surface area contributed by atoms with Gasteiger partial charge in [0.1, 0.15) is 5.82 Å². The molecule has 0 saturated carbocycles. The quantitative estimate of drug-likeness (QED) is 0.849. The lowest BCUT2D eigenvalue weighted by molar-refractivity contribution is 0.627. The van der Waals surface area contributed by atoms with Crippen LogP contribution in [0.1, 0.15) is 11.1 Å². The van der Waals surface area contributed by atoms with E-state index in [1.54, 1.807) is 17.8 Å². The molecule has 2 aromatic carbocycles. The average Bonchev–Trinajstić information content (AvgIpc) is 2.40. The number of halogens is 2. The van der Waals surface area contributed by atoms with Crippen LogP contribution in [-0.2, 0) is 12.3 Å². The van der Waals surface area contributed by atoms with Crippen molar-refractivity contribution < 1.29 is 4.39 Å². The Morgan fingerprint density at radius 3 is 2.67 bits per heavy atom. The Hall–Kier alpha value is -1.03. The molecule has 0 radical (unpaired) electrons. The highest BCUT2D eigenvalue weighted by Crippen LogP contribution is 2.25. The van der Waals surface area contributed by atoms with Crippen molar-refractivity contribution in [2.24, 2.45) is 5.73 Å². The van der Waals surface area contributed by atoms with Gasteiger partial charge in [-0.25, -0.2) is 4.39 Å². The van der Waals surface area contributed by atoms with Crippen molar-refractivity contribution in [1.82, 2.24) is 0 Å². The third-order valence-corrected chi connectivity index (χ3v) is 3.90. The van der Waals surface area contributed by atoms with Crippen molar-refractivity contribution in [1.29, 1.82) is 0 Å². The molecule has 18 heavy (non-hydrogen) atoms. The van der Waals surface area contributed by atoms with Crippen LogP contribution < -0.4 is 5.73 Å². The molecule has 0 heterocycles. The Labute approximate surface area is 115 Å². The molecule has 0 aliphatic heterocycles. The van der Waals surface area contributed by atoms with E-state index in [0.29, 0.717) is 12.3 Å². The molecule has 0 saturated heterocycles. The van der Waals surface area contributed by atoms with Gasteiger partial charge in [-0.1, -0.05) is 29.8 Å². The molecule has 2 aromatic rings. The van der Waals surface area contributed by atoms with E-state index in [-0.39, 0.29) is 10.8 Å². The van der Waals surface area contributed by atoms with Gasteiger partial charge in [-0.15, -0.1) is 11.8 Å². The zero-order valence-corrected chi connectivity index (χ0v) is 11.3. The van der Waals surface area contributed by atoms with E-state index in [2.05, 4.69) is 6.07 Å². The summed E-state index contributed by atoms with van der Waals surface area (Å²) >= 11 is 7.29. The van der Waals surface area contributed by atoms with Gasteiger partial charge < -0.3 is 5.73 Å². The molecule has 1 nitrogen and oxygen atoms in total. The first-order valence-corrected chi connectivity index (χ1v) is 6.91. The molecular weight excluding hydrogens is 269 g/mol. The highest BCUT2D eigenvalue weighted by Gasteiger charge is 2.02. The number of hydrogen-bond acceptors (Lipinski definition) is 2. The predicted octanol–water partition coefficient (Wildman–Crippen LogP) is 4.23. The molecule has 2 N–H and O–H groups in total. The summed E-state index contributed by atoms with van der Waals surface area (Å²) in [4.78, 5) is 1.13. The second-order valence-electron chi connectivity index (χ2n) is 3.89. The van der Waals surface area contributed by atoms with E-state index in [0.717, 1.165) is 16.0 Å². The van der Waals surface area contributed by atoms with Gasteiger partial charge in [0.2, 0.25) is 0 Å². The summed E-state index contributed by atoms with van der Waals surface area (Å²) in [5.74, 6) is 0.341. The lowest BCUT2D eigenvalue weighted by Gasteiger charge is -2.05. The molecule has 2 rings (SSSR count). The van der Waals surface area contributed by atoms with E-state index in [4.69, 9.17) is 17.3 Å². The molecule has 0 unspecified atom stereocenters. The molecular formula is C14H13ClFNS. The minimum absolute atomic E-state index is 0.161. The van der Waals surface area contributed by atoms with Gasteiger partial charge in [-0.2, -0.15) is 0 Å². The monoisotopic (exact) mass is 281 g/mol. The van der Waals surface area contributed by atoms with Gasteiger partial charge in [0.15, 0.2) is 0 Å². The molecule has 0 aromatic heterocycles. The normalized spacial score (nSPS) is 10.6. The zero-order valence-electron chi connectivity index (χ0n) is 9.70. The Morgan fingerprint density at radius 2 is 1.94 bits per heavy atom. The van der Waals surface area contributed by atoms with E-state index in [9.17, 15) is 4.39 Å². The molecule has 0 fully saturated rings. The van der Waals surface area contributed by atoms with Gasteiger partial charge in [-0.05, 0) is 35.4 Å². The van der Waals surface area contributed by atoms with Crippen LogP contribution in [0.15, 0.2) is 47.4 Å². The predicted molar refractivity (Wildman–Crippen MR) is 75.3 cm³/mol. The molecule has 0 amide bonds. The van der Waals surface area contributed by atoms with Crippen LogP contribution in [0.25, 0.3) is 0 Å². The molecule has 0 bridgehead atoms. The van der Waals surface area contributed by atoms with E-state index in [1.807, 2.05) is 24.3 Å². The zero-order chi connectivity index (χ0) is 13.0. The second kappa shape index (κ2) is 6.23. The van der Waals surface area contributed by atoms with Gasteiger partial charge in [0.25, 0.3) is 0 Å². The number of nitrogens with two attached hydrogens (primary N) is 1. The van der Waals surface area contributed by atoms with Gasteiger partial charge >= 0.3 is 0 Å². The second-order valence-corrected chi connectivity index (χ2v) is 5.34. The van der Waals surface area contributed by atoms with Gasteiger partial charge in [0.05, 0.1) is 5.02 Å². The fourth-order valence-electron chi connectivity index (χ4n) is 1.56. The van der Waals surface area contributed by atoms with Crippen molar-refractivity contribution in [3.05, 3.63) is 64.4 Å². The summed E-state index contributed by atoms with van der Waals surface area (Å²) < 4.78 is 13.3. The summed E-state index contributed by atoms with van der Waals surface area (Å²) in [7, 11) is 0. The van der Waals surface area contributed by atoms with Crippen LogP contribution in [0.4, 0.5) is 4.39 Å². The summed E-state index contributed by atoms with van der Waals surface area (Å²) in [6, 6.07) is 12.9. The first-order chi connectivity index (χ1) is 8.69. The number of thioether (sulfide) groups is 1. The van der Waals surface area contributed by atoms with Crippen LogP contribution in [0.2, 0.25) is 5.02 Å². The minimum atomic E-state index is -0.370. The van der Waals surface area contributed by atoms with Crippen LogP contribution >= 0.6 is 23.4 Å². The maximum absolute atomic E-state index is 13.3. The maximum atomic E-state index is 13.3. The molecule has 94 valence electrons. The summed E-state index contributed by atoms with van der Waals surface area (Å²) in [5.41, 5.74) is 7.61. The fourth-order valence-corrected chi connectivity index (χ4v) is 2.60. The Balaban J connectivity index is 2.04. The van der Waals surface area contributed by atoms with Gasteiger partial charge in [-0.3, -0.25) is 0 Å². The fraction of sp³-hybridized carbons (Fsp3) is 0.143. The molecule has 0 spiro atoms. The standard InChI is InChI=1S/C14H13ClFNS/c15-13-5-4-11(7-14(13)16)9-18-12-3-1-2-10(6-12)8-17/h1-7H,8-9,17H2. The van der Waals surface area contributed by atoms with Crippen molar-refractivity contribution in [3.63, 3.8) is 0 Å². The lowest BCUT2D eigenvalue weighted by Crippen LogP contribution is -1.95. The van der Waals surface area contributed by atoms with Crippen molar-refractivity contribution >= 4 is 23.4 Å². The largest absolute Gasteiger partial charge is 0.326 e. The Morgan fingerprint density at radius 1 is 1.11 bits per heavy atom. The van der Waals surface area contributed by atoms with Crippen LogP contribution in [-0.4, -0.2) is 0 Å². The first-order valence-electron chi connectivity index (χ1n) is 5.55. The average molecular weight is 282 g/mol. The van der Waals surface area contributed by atoms with Crippen molar-refractivity contribution in [2.75, 3.05) is 0 Å². The summed E-state index contributed by atoms with van der Waals surface area (Å²) in [5, 5.41) is 0.161. The summed E-state index contributed by atoms with van der Waals surface area (Å²) in [6.45, 7) is 0.532. The van der Waals surface area contributed by atoms with Crippen LogP contribution in [0, 0.1) is 5.82 Å². The summed E-state index contributed by atoms with van der Waals surface area (Å²) in [6.07, 6.45) is 0. The smallest absolute Gasteiger partial charge is 0.142 e. The van der Waals surface area contributed by atoms with Crippen LogP contribution in [0.5, 0.6) is 0 Å². The van der Waals surface area contributed by atoms with E-state index in [1.165, 1.54) is 6.07 Å². The van der Waals surface area contributed by atoms with E-state index >= 15 is 0 Å². The van der Waals surface area contributed by atoms with Gasteiger partial charge in [0, 0.05) is 17.2 Å². The number of rotatable bonds is 4. The minimum Gasteiger partial charge on any atom is -0.326 e. The molecule has 0 aliphatic carbocycles. The topological polar surface area (TPSA) is 26.0 Å². The first kappa shape index (κ1) is 13.4. The Kier molecular flexibility index (Phi) is 4.64. The number of benzene rings is 2. The van der Waals surface area contributed by atoms with Crippen molar-refractivity contribution in [3.8, 4) is 0 Å². The molecule has 0 aliphatic rings. The SMILES string of the molecule is NCc1cccc(SCc2ccc(Cl)c(F)c2)c1. The molecule has 4 heteroatoms.